The number of fused-ring (bicyclic) bond motifs is 1. The summed E-state index contributed by atoms with van der Waals surface area (Å²) in [7, 11) is 0. The number of hydrogen-bond acceptors (Lipinski definition) is 3. The minimum absolute atomic E-state index is 0.331. The Morgan fingerprint density at radius 2 is 2.00 bits per heavy atom. The van der Waals surface area contributed by atoms with Gasteiger partial charge in [0.05, 0.1) is 30.4 Å². The number of nitrogens with zero attached hydrogens (tertiary/aromatic N) is 2. The highest BCUT2D eigenvalue weighted by atomic mass is 35.5. The van der Waals surface area contributed by atoms with E-state index >= 15 is 0 Å². The smallest absolute Gasteiger partial charge is 0.204 e. The van der Waals surface area contributed by atoms with Crippen molar-refractivity contribution in [2.75, 3.05) is 5.32 Å². The van der Waals surface area contributed by atoms with E-state index in [9.17, 15) is 4.39 Å². The minimum Gasteiger partial charge on any atom is -0.467 e. The number of benzene rings is 2. The summed E-state index contributed by atoms with van der Waals surface area (Å²) in [5, 5.41) is 3.65. The molecule has 2 aromatic heterocycles. The van der Waals surface area contributed by atoms with Crippen molar-refractivity contribution in [3.05, 3.63) is 83.0 Å². The van der Waals surface area contributed by atoms with E-state index in [1.54, 1.807) is 18.4 Å². The van der Waals surface area contributed by atoms with E-state index in [2.05, 4.69) is 10.3 Å². The summed E-state index contributed by atoms with van der Waals surface area (Å²) in [6.07, 6.45) is 1.63. The number of hydrogen-bond donors (Lipinski definition) is 1. The zero-order chi connectivity index (χ0) is 17.2. The Bertz CT molecular complexity index is 1010. The van der Waals surface area contributed by atoms with E-state index in [0.29, 0.717) is 29.6 Å². The molecule has 0 aliphatic rings. The highest BCUT2D eigenvalue weighted by Crippen LogP contribution is 2.23. The second-order valence-corrected chi connectivity index (χ2v) is 6.12. The second kappa shape index (κ2) is 6.61. The third kappa shape index (κ3) is 3.23. The van der Waals surface area contributed by atoms with Gasteiger partial charge in [0.25, 0.3) is 0 Å². The number of nitrogens with one attached hydrogen (secondary N) is 1. The van der Waals surface area contributed by atoms with Crippen LogP contribution in [0.3, 0.4) is 0 Å². The van der Waals surface area contributed by atoms with Crippen molar-refractivity contribution < 1.29 is 8.81 Å². The first-order valence-corrected chi connectivity index (χ1v) is 8.24. The van der Waals surface area contributed by atoms with Crippen LogP contribution in [0.2, 0.25) is 5.02 Å². The van der Waals surface area contributed by atoms with Crippen molar-refractivity contribution in [1.29, 1.82) is 0 Å². The first-order valence-electron chi connectivity index (χ1n) is 7.86. The molecule has 0 radical (unpaired) electrons. The summed E-state index contributed by atoms with van der Waals surface area (Å²) in [4.78, 5) is 4.62. The third-order valence-electron chi connectivity index (χ3n) is 4.00. The van der Waals surface area contributed by atoms with Gasteiger partial charge in [-0.05, 0) is 36.4 Å². The predicted molar refractivity (Wildman–Crippen MR) is 96.3 cm³/mol. The molecule has 25 heavy (non-hydrogen) atoms. The third-order valence-corrected chi connectivity index (χ3v) is 4.23. The maximum Gasteiger partial charge on any atom is 0.204 e. The Hall–Kier alpha value is -2.79. The van der Waals surface area contributed by atoms with E-state index in [4.69, 9.17) is 16.0 Å². The van der Waals surface area contributed by atoms with Crippen LogP contribution >= 0.6 is 11.6 Å². The lowest BCUT2D eigenvalue weighted by Crippen LogP contribution is -2.09. The van der Waals surface area contributed by atoms with Gasteiger partial charge >= 0.3 is 0 Å². The van der Waals surface area contributed by atoms with Crippen molar-refractivity contribution in [3.63, 3.8) is 0 Å². The number of anilines is 1. The van der Waals surface area contributed by atoms with Crippen molar-refractivity contribution in [2.45, 2.75) is 13.1 Å². The van der Waals surface area contributed by atoms with Crippen molar-refractivity contribution in [3.8, 4) is 0 Å². The molecule has 126 valence electrons. The fourth-order valence-corrected chi connectivity index (χ4v) is 2.93. The highest BCUT2D eigenvalue weighted by molar-refractivity contribution is 6.30. The number of para-hydroxylation sites is 2. The number of halogens is 2. The minimum atomic E-state index is -0.331. The monoisotopic (exact) mass is 355 g/mol. The van der Waals surface area contributed by atoms with Crippen LogP contribution in [-0.2, 0) is 13.1 Å². The Morgan fingerprint density at radius 3 is 2.80 bits per heavy atom. The van der Waals surface area contributed by atoms with Gasteiger partial charge in [0, 0.05) is 10.6 Å². The SMILES string of the molecule is Fc1cc(Cl)ccc1Cn1c(NCc2ccco2)nc2ccccc21. The van der Waals surface area contributed by atoms with Crippen LogP contribution in [0.1, 0.15) is 11.3 Å². The van der Waals surface area contributed by atoms with E-state index in [1.165, 1.54) is 6.07 Å². The molecule has 0 amide bonds. The second-order valence-electron chi connectivity index (χ2n) is 5.68. The Balaban J connectivity index is 1.71. The predicted octanol–water partition coefficient (Wildman–Crippen LogP) is 5.08. The van der Waals surface area contributed by atoms with Gasteiger partial charge in [-0.15, -0.1) is 0 Å². The van der Waals surface area contributed by atoms with Crippen molar-refractivity contribution >= 4 is 28.6 Å². The first-order chi connectivity index (χ1) is 12.2. The largest absolute Gasteiger partial charge is 0.467 e. The molecule has 2 aromatic carbocycles. The van der Waals surface area contributed by atoms with Gasteiger partial charge in [-0.2, -0.15) is 0 Å². The number of rotatable bonds is 5. The lowest BCUT2D eigenvalue weighted by molar-refractivity contribution is 0.517. The molecule has 0 saturated carbocycles. The molecule has 4 rings (SSSR count). The zero-order valence-corrected chi connectivity index (χ0v) is 14.0. The summed E-state index contributed by atoms with van der Waals surface area (Å²) in [5.74, 6) is 1.13. The fourth-order valence-electron chi connectivity index (χ4n) is 2.77. The number of imidazole rings is 1. The van der Waals surface area contributed by atoms with Crippen LogP contribution in [0, 0.1) is 5.82 Å². The van der Waals surface area contributed by atoms with Gasteiger partial charge in [0.15, 0.2) is 0 Å². The summed E-state index contributed by atoms with van der Waals surface area (Å²) < 4.78 is 21.5. The average molecular weight is 356 g/mol. The molecule has 0 aliphatic carbocycles. The van der Waals surface area contributed by atoms with Crippen LogP contribution in [0.15, 0.2) is 65.3 Å². The van der Waals surface area contributed by atoms with Crippen LogP contribution in [0.5, 0.6) is 0 Å². The first kappa shape index (κ1) is 15.7. The van der Waals surface area contributed by atoms with Gasteiger partial charge < -0.3 is 14.3 Å². The molecule has 0 spiro atoms. The molecule has 0 bridgehead atoms. The van der Waals surface area contributed by atoms with Gasteiger partial charge in [-0.3, -0.25) is 0 Å². The van der Waals surface area contributed by atoms with Crippen molar-refractivity contribution in [1.82, 2.24) is 9.55 Å². The molecule has 0 atom stereocenters. The molecular weight excluding hydrogens is 341 g/mol. The summed E-state index contributed by atoms with van der Waals surface area (Å²) >= 11 is 5.85. The van der Waals surface area contributed by atoms with Crippen LogP contribution in [0.4, 0.5) is 10.3 Å². The van der Waals surface area contributed by atoms with Gasteiger partial charge in [-0.1, -0.05) is 29.8 Å². The molecule has 4 nitrogen and oxygen atoms in total. The van der Waals surface area contributed by atoms with Crippen LogP contribution in [-0.4, -0.2) is 9.55 Å². The lowest BCUT2D eigenvalue weighted by atomic mass is 10.2. The molecule has 1 N–H and O–H groups in total. The molecule has 4 aromatic rings. The number of aromatic nitrogens is 2. The van der Waals surface area contributed by atoms with E-state index in [0.717, 1.165) is 16.8 Å². The summed E-state index contributed by atoms with van der Waals surface area (Å²) in [6, 6.07) is 16.2. The molecule has 0 aliphatic heterocycles. The molecule has 6 heteroatoms. The van der Waals surface area contributed by atoms with Gasteiger partial charge in [-0.25, -0.2) is 9.37 Å². The fraction of sp³-hybridized carbons (Fsp3) is 0.105. The Labute approximate surface area is 148 Å². The summed E-state index contributed by atoms with van der Waals surface area (Å²) in [6.45, 7) is 0.851. The molecule has 0 saturated heterocycles. The molecule has 0 unspecified atom stereocenters. The van der Waals surface area contributed by atoms with Crippen molar-refractivity contribution in [2.24, 2.45) is 0 Å². The maximum absolute atomic E-state index is 14.2. The Kier molecular flexibility index (Phi) is 4.15. The molecule has 2 heterocycles. The van der Waals surface area contributed by atoms with Gasteiger partial charge in [0.2, 0.25) is 5.95 Å². The maximum atomic E-state index is 14.2. The van der Waals surface area contributed by atoms with Crippen LogP contribution < -0.4 is 5.32 Å². The summed E-state index contributed by atoms with van der Waals surface area (Å²) in [5.41, 5.74) is 2.33. The lowest BCUT2D eigenvalue weighted by Gasteiger charge is -2.11. The highest BCUT2D eigenvalue weighted by Gasteiger charge is 2.13. The van der Waals surface area contributed by atoms with Crippen LogP contribution in [0.25, 0.3) is 11.0 Å². The molecule has 0 fully saturated rings. The van der Waals surface area contributed by atoms with Gasteiger partial charge in [0.1, 0.15) is 11.6 Å². The topological polar surface area (TPSA) is 43.0 Å². The van der Waals surface area contributed by atoms with E-state index in [1.807, 2.05) is 41.0 Å². The Morgan fingerprint density at radius 1 is 1.12 bits per heavy atom. The number of furan rings is 1. The molecular formula is C19H15ClFN3O. The standard InChI is InChI=1S/C19H15ClFN3O/c20-14-8-7-13(16(21)10-14)12-24-18-6-2-1-5-17(18)23-19(24)22-11-15-4-3-9-25-15/h1-10H,11-12H2,(H,22,23). The average Bonchev–Trinajstić information content (AvgIpc) is 3.23. The van der Waals surface area contributed by atoms with E-state index in [-0.39, 0.29) is 5.82 Å². The quantitative estimate of drug-likeness (QED) is 0.542. The zero-order valence-electron chi connectivity index (χ0n) is 13.2. The normalized spacial score (nSPS) is 11.1. The van der Waals surface area contributed by atoms with E-state index < -0.39 is 0 Å².